The zero-order valence-electron chi connectivity index (χ0n) is 23.0. The van der Waals surface area contributed by atoms with Gasteiger partial charge >= 0.3 is 0 Å². The van der Waals surface area contributed by atoms with E-state index in [2.05, 4.69) is 140 Å². The molecule has 0 bridgehead atoms. The first-order valence-electron chi connectivity index (χ1n) is 14.0. The molecule has 1 aromatic heterocycles. The number of nitrogens with zero attached hydrogens (tertiary/aromatic N) is 2. The molecule has 0 atom stereocenters. The number of hydrogen-bond donors (Lipinski definition) is 0. The predicted molar refractivity (Wildman–Crippen MR) is 158 cm³/mol. The first-order valence-corrected chi connectivity index (χ1v) is 14.0. The third-order valence-corrected chi connectivity index (χ3v) is 7.56. The van der Waals surface area contributed by atoms with Gasteiger partial charge < -0.3 is 0 Å². The zero-order valence-corrected chi connectivity index (χ0v) is 23.0. The molecule has 0 radical (unpaired) electrons. The molecule has 0 spiro atoms. The number of benzene rings is 4. The Kier molecular flexibility index (Phi) is 6.49. The van der Waals surface area contributed by atoms with E-state index in [1.165, 1.54) is 56.0 Å². The molecule has 0 N–H and O–H groups in total. The van der Waals surface area contributed by atoms with Crippen molar-refractivity contribution < 1.29 is 4.57 Å². The summed E-state index contributed by atoms with van der Waals surface area (Å²) in [7, 11) is 0. The lowest BCUT2D eigenvalue weighted by molar-refractivity contribution is -0.671. The topological polar surface area (TPSA) is 8.81 Å². The van der Waals surface area contributed by atoms with E-state index in [4.69, 9.17) is 0 Å². The normalized spacial score (nSPS) is 12.3. The summed E-state index contributed by atoms with van der Waals surface area (Å²) in [6, 6.07) is 33.4. The third kappa shape index (κ3) is 4.60. The standard InChI is InChI=1S/C36H37N2/c1-25(2)19-31-22-30(28-13-9-6-10-14-28)23-32(20-26(3)4)35(31)38-18-17-37-24-33-21-29(15-16-34(33)36(37)38)27-11-7-5-8-12-27/h5-18,21-23,25-26H,19-20,24H2,1-4H3/q+1. The van der Waals surface area contributed by atoms with Gasteiger partial charge in [0.2, 0.25) is 0 Å². The molecule has 2 heterocycles. The van der Waals surface area contributed by atoms with Crippen molar-refractivity contribution in [2.24, 2.45) is 11.8 Å². The van der Waals surface area contributed by atoms with Crippen molar-refractivity contribution in [2.75, 3.05) is 0 Å². The van der Waals surface area contributed by atoms with Crippen LogP contribution < -0.4 is 4.57 Å². The van der Waals surface area contributed by atoms with Crippen molar-refractivity contribution >= 4 is 0 Å². The Hall–Kier alpha value is -3.91. The second-order valence-corrected chi connectivity index (χ2v) is 11.6. The Morgan fingerprint density at radius 1 is 0.658 bits per heavy atom. The van der Waals surface area contributed by atoms with Gasteiger partial charge in [0.05, 0.1) is 5.56 Å². The molecule has 0 amide bonds. The molecule has 0 saturated heterocycles. The van der Waals surface area contributed by atoms with Gasteiger partial charge in [-0.2, -0.15) is 4.57 Å². The number of imidazole rings is 1. The maximum atomic E-state index is 2.48. The van der Waals surface area contributed by atoms with Gasteiger partial charge in [0.25, 0.3) is 5.82 Å². The second kappa shape index (κ2) is 10.1. The Labute approximate surface area is 227 Å². The summed E-state index contributed by atoms with van der Waals surface area (Å²) in [6.07, 6.45) is 6.66. The Morgan fingerprint density at radius 2 is 1.24 bits per heavy atom. The molecule has 0 aliphatic carbocycles. The van der Waals surface area contributed by atoms with Crippen molar-refractivity contribution in [2.45, 2.75) is 47.1 Å². The van der Waals surface area contributed by atoms with Crippen molar-refractivity contribution in [3.8, 4) is 39.3 Å². The Balaban J connectivity index is 1.52. The largest absolute Gasteiger partial charge is 0.294 e. The Morgan fingerprint density at radius 3 is 1.82 bits per heavy atom. The molecule has 2 heteroatoms. The van der Waals surface area contributed by atoms with Crippen LogP contribution in [-0.4, -0.2) is 4.57 Å². The fourth-order valence-electron chi connectivity index (χ4n) is 6.01. The lowest BCUT2D eigenvalue weighted by Gasteiger charge is -2.18. The lowest BCUT2D eigenvalue weighted by Crippen LogP contribution is -2.30. The first kappa shape index (κ1) is 24.4. The van der Waals surface area contributed by atoms with Crippen LogP contribution >= 0.6 is 0 Å². The molecule has 5 aromatic rings. The summed E-state index contributed by atoms with van der Waals surface area (Å²) < 4.78 is 4.90. The summed E-state index contributed by atoms with van der Waals surface area (Å²) in [5.41, 5.74) is 12.2. The quantitative estimate of drug-likeness (QED) is 0.195. The Bertz CT molecular complexity index is 1540. The SMILES string of the molecule is CC(C)Cc1cc(-c2ccccc2)cc(CC(C)C)c1-n1cc[n+]2c1-c1ccc(-c3ccccc3)cc1C2. The summed E-state index contributed by atoms with van der Waals surface area (Å²) in [4.78, 5) is 0. The molecule has 1 aliphatic heterocycles. The molecule has 4 aromatic carbocycles. The molecular weight excluding hydrogens is 460 g/mol. The molecule has 1 aliphatic rings. The number of rotatable bonds is 7. The third-order valence-electron chi connectivity index (χ3n) is 7.56. The molecule has 38 heavy (non-hydrogen) atoms. The van der Waals surface area contributed by atoms with E-state index in [0.717, 1.165) is 19.4 Å². The van der Waals surface area contributed by atoms with Crippen LogP contribution in [0.5, 0.6) is 0 Å². The van der Waals surface area contributed by atoms with E-state index in [-0.39, 0.29) is 0 Å². The van der Waals surface area contributed by atoms with Gasteiger partial charge in [-0.1, -0.05) is 94.4 Å². The highest BCUT2D eigenvalue weighted by molar-refractivity contribution is 5.74. The van der Waals surface area contributed by atoms with Crippen LogP contribution in [0, 0.1) is 11.8 Å². The van der Waals surface area contributed by atoms with Crippen LogP contribution in [0.2, 0.25) is 0 Å². The van der Waals surface area contributed by atoms with Crippen molar-refractivity contribution in [1.29, 1.82) is 0 Å². The summed E-state index contributed by atoms with van der Waals surface area (Å²) >= 11 is 0. The fraction of sp³-hybridized carbons (Fsp3) is 0.250. The molecule has 0 saturated carbocycles. The zero-order chi connectivity index (χ0) is 26.2. The van der Waals surface area contributed by atoms with Crippen LogP contribution in [0.3, 0.4) is 0 Å². The highest BCUT2D eigenvalue weighted by Crippen LogP contribution is 2.37. The predicted octanol–water partition coefficient (Wildman–Crippen LogP) is 8.52. The van der Waals surface area contributed by atoms with Crippen molar-refractivity contribution in [1.82, 2.24) is 4.57 Å². The highest BCUT2D eigenvalue weighted by Gasteiger charge is 2.32. The van der Waals surface area contributed by atoms with E-state index in [0.29, 0.717) is 11.8 Å². The van der Waals surface area contributed by atoms with Gasteiger partial charge in [0, 0.05) is 16.7 Å². The van der Waals surface area contributed by atoms with Crippen LogP contribution in [0.1, 0.15) is 44.4 Å². The minimum Gasteiger partial charge on any atom is -0.225 e. The maximum Gasteiger partial charge on any atom is 0.294 e. The highest BCUT2D eigenvalue weighted by atomic mass is 15.2. The van der Waals surface area contributed by atoms with Crippen LogP contribution in [-0.2, 0) is 19.4 Å². The van der Waals surface area contributed by atoms with Gasteiger partial charge in [0.15, 0.2) is 0 Å². The van der Waals surface area contributed by atoms with E-state index >= 15 is 0 Å². The second-order valence-electron chi connectivity index (χ2n) is 11.6. The lowest BCUT2D eigenvalue weighted by atomic mass is 9.90. The summed E-state index contributed by atoms with van der Waals surface area (Å²) in [5.74, 6) is 2.44. The smallest absolute Gasteiger partial charge is 0.225 e. The average Bonchev–Trinajstić information content (AvgIpc) is 3.48. The molecule has 0 fully saturated rings. The van der Waals surface area contributed by atoms with Crippen LogP contribution in [0.4, 0.5) is 0 Å². The number of fused-ring (bicyclic) bond motifs is 3. The maximum absolute atomic E-state index is 2.48. The van der Waals surface area contributed by atoms with E-state index < -0.39 is 0 Å². The molecule has 2 nitrogen and oxygen atoms in total. The van der Waals surface area contributed by atoms with Crippen LogP contribution in [0.25, 0.3) is 39.3 Å². The fourth-order valence-corrected chi connectivity index (χ4v) is 6.01. The van der Waals surface area contributed by atoms with Gasteiger partial charge in [-0.25, -0.2) is 4.57 Å². The average molecular weight is 498 g/mol. The van der Waals surface area contributed by atoms with Crippen LogP contribution in [0.15, 0.2) is 103 Å². The molecule has 190 valence electrons. The monoisotopic (exact) mass is 497 g/mol. The van der Waals surface area contributed by atoms with Gasteiger partial charge in [-0.05, 0) is 71.2 Å². The first-order chi connectivity index (χ1) is 18.5. The summed E-state index contributed by atoms with van der Waals surface area (Å²) in [5, 5.41) is 0. The van der Waals surface area contributed by atoms with Gasteiger partial charge in [0.1, 0.15) is 24.6 Å². The van der Waals surface area contributed by atoms with E-state index in [1.807, 2.05) is 0 Å². The van der Waals surface area contributed by atoms with Gasteiger partial charge in [-0.15, -0.1) is 0 Å². The van der Waals surface area contributed by atoms with Crippen molar-refractivity contribution in [3.05, 3.63) is 120 Å². The minimum atomic E-state index is 0.573. The molecule has 0 unspecified atom stereocenters. The number of aromatic nitrogens is 2. The van der Waals surface area contributed by atoms with E-state index in [1.54, 1.807) is 0 Å². The van der Waals surface area contributed by atoms with E-state index in [9.17, 15) is 0 Å². The summed E-state index contributed by atoms with van der Waals surface area (Å²) in [6.45, 7) is 10.2. The molecule has 6 rings (SSSR count). The number of hydrogen-bond acceptors (Lipinski definition) is 0. The molecular formula is C36H37N2+. The van der Waals surface area contributed by atoms with Gasteiger partial charge in [-0.3, -0.25) is 0 Å². The van der Waals surface area contributed by atoms with Crippen molar-refractivity contribution in [3.63, 3.8) is 0 Å². The minimum absolute atomic E-state index is 0.573.